The van der Waals surface area contributed by atoms with Gasteiger partial charge in [0.1, 0.15) is 0 Å². The van der Waals surface area contributed by atoms with Crippen LogP contribution in [0, 0.1) is 0 Å². The average Bonchev–Trinajstić information content (AvgIpc) is 3.26. The number of carbonyl (C=O) groups excluding carboxylic acids is 2. The van der Waals surface area contributed by atoms with Crippen LogP contribution in [-0.2, 0) is 9.59 Å². The normalized spacial score (nSPS) is 23.0. The van der Waals surface area contributed by atoms with Gasteiger partial charge in [-0.15, -0.1) is 0 Å². The molecular formula is C31H51F2N3O2. The third-order valence-electron chi connectivity index (χ3n) is 8.39. The maximum Gasteiger partial charge on any atom is 0.249 e. The Morgan fingerprint density at radius 1 is 0.974 bits per heavy atom. The fraction of sp³-hybridized carbons (Fsp3) is 0.742. The SMILES string of the molecule is CC.CC(CCCC(=O)N1CCCC1)N(C)C1CCC(F)(F)C1.O=CN1CCCC12CC2.c1ccccc1. The van der Waals surface area contributed by atoms with Crippen molar-refractivity contribution in [2.45, 2.75) is 121 Å². The van der Waals surface area contributed by atoms with Crippen molar-refractivity contribution in [2.24, 2.45) is 0 Å². The van der Waals surface area contributed by atoms with E-state index in [1.165, 1.54) is 25.7 Å². The third kappa shape index (κ3) is 10.3. The molecule has 2 amide bonds. The number of hydrogen-bond acceptors (Lipinski definition) is 3. The largest absolute Gasteiger partial charge is 0.343 e. The van der Waals surface area contributed by atoms with Gasteiger partial charge in [0.25, 0.3) is 0 Å². The maximum atomic E-state index is 13.3. The number of hydrogen-bond donors (Lipinski definition) is 0. The second kappa shape index (κ2) is 16.2. The van der Waals surface area contributed by atoms with Crippen molar-refractivity contribution < 1.29 is 18.4 Å². The molecule has 2 saturated carbocycles. The Balaban J connectivity index is 0.000000241. The topological polar surface area (TPSA) is 43.9 Å². The van der Waals surface area contributed by atoms with Crippen LogP contribution in [0.15, 0.2) is 36.4 Å². The van der Waals surface area contributed by atoms with Crippen molar-refractivity contribution in [3.63, 3.8) is 0 Å². The zero-order valence-corrected chi connectivity index (χ0v) is 24.2. The molecule has 4 fully saturated rings. The predicted molar refractivity (Wildman–Crippen MR) is 151 cm³/mol. The van der Waals surface area contributed by atoms with Crippen molar-refractivity contribution in [2.75, 3.05) is 26.7 Å². The molecule has 0 radical (unpaired) electrons. The number of carbonyl (C=O) groups is 2. The van der Waals surface area contributed by atoms with Crippen LogP contribution in [0.5, 0.6) is 0 Å². The summed E-state index contributed by atoms with van der Waals surface area (Å²) >= 11 is 0. The van der Waals surface area contributed by atoms with Crippen LogP contribution in [0.3, 0.4) is 0 Å². The van der Waals surface area contributed by atoms with E-state index < -0.39 is 5.92 Å². The molecule has 2 unspecified atom stereocenters. The Hall–Kier alpha value is -2.02. The summed E-state index contributed by atoms with van der Waals surface area (Å²) in [5.74, 6) is -2.22. The molecule has 0 bridgehead atoms. The summed E-state index contributed by atoms with van der Waals surface area (Å²) in [6.45, 7) is 8.90. The molecule has 1 aromatic carbocycles. The molecular weight excluding hydrogens is 484 g/mol. The first-order valence-corrected chi connectivity index (χ1v) is 14.9. The van der Waals surface area contributed by atoms with Crippen LogP contribution < -0.4 is 0 Å². The first-order valence-electron chi connectivity index (χ1n) is 14.9. The Labute approximate surface area is 229 Å². The lowest BCUT2D eigenvalue weighted by atomic mass is 10.1. The van der Waals surface area contributed by atoms with Gasteiger partial charge < -0.3 is 14.7 Å². The van der Waals surface area contributed by atoms with Gasteiger partial charge >= 0.3 is 0 Å². The lowest BCUT2D eigenvalue weighted by molar-refractivity contribution is -0.130. The van der Waals surface area contributed by atoms with E-state index in [4.69, 9.17) is 0 Å². The van der Waals surface area contributed by atoms with Crippen molar-refractivity contribution in [1.29, 1.82) is 0 Å². The molecule has 2 aliphatic heterocycles. The molecule has 0 N–H and O–H groups in total. The maximum absolute atomic E-state index is 13.3. The molecule has 7 heteroatoms. The molecule has 38 heavy (non-hydrogen) atoms. The van der Waals surface area contributed by atoms with Gasteiger partial charge in [-0.2, -0.15) is 0 Å². The predicted octanol–water partition coefficient (Wildman–Crippen LogP) is 6.77. The van der Waals surface area contributed by atoms with Gasteiger partial charge in [-0.1, -0.05) is 50.2 Å². The highest BCUT2D eigenvalue weighted by molar-refractivity contribution is 5.76. The highest BCUT2D eigenvalue weighted by atomic mass is 19.3. The van der Waals surface area contributed by atoms with E-state index >= 15 is 0 Å². The fourth-order valence-corrected chi connectivity index (χ4v) is 5.70. The van der Waals surface area contributed by atoms with Crippen LogP contribution in [0.4, 0.5) is 8.78 Å². The van der Waals surface area contributed by atoms with E-state index in [9.17, 15) is 18.4 Å². The lowest BCUT2D eigenvalue weighted by Gasteiger charge is -2.30. The van der Waals surface area contributed by atoms with E-state index in [0.717, 1.165) is 51.7 Å². The second-order valence-electron chi connectivity index (χ2n) is 11.0. The minimum absolute atomic E-state index is 0.00992. The van der Waals surface area contributed by atoms with Gasteiger partial charge in [-0.3, -0.25) is 9.59 Å². The number of likely N-dealkylation sites (tertiary alicyclic amines) is 2. The second-order valence-corrected chi connectivity index (χ2v) is 11.0. The number of benzene rings is 1. The Bertz CT molecular complexity index is 771. The van der Waals surface area contributed by atoms with Crippen LogP contribution >= 0.6 is 0 Å². The molecule has 5 nitrogen and oxygen atoms in total. The summed E-state index contributed by atoms with van der Waals surface area (Å²) in [5.41, 5.74) is 0.377. The number of alkyl halides is 2. The van der Waals surface area contributed by atoms with Gasteiger partial charge in [0.05, 0.1) is 0 Å². The number of amides is 2. The summed E-state index contributed by atoms with van der Waals surface area (Å²) < 4.78 is 26.5. The lowest BCUT2D eigenvalue weighted by Crippen LogP contribution is -2.38. The first kappa shape index (κ1) is 32.2. The van der Waals surface area contributed by atoms with Crippen LogP contribution in [0.25, 0.3) is 0 Å². The number of rotatable bonds is 7. The summed E-state index contributed by atoms with van der Waals surface area (Å²) in [6, 6.07) is 12.2. The van der Waals surface area contributed by atoms with Gasteiger partial charge in [0, 0.05) is 56.5 Å². The highest BCUT2D eigenvalue weighted by Crippen LogP contribution is 2.48. The van der Waals surface area contributed by atoms with E-state index in [1.54, 1.807) is 0 Å². The van der Waals surface area contributed by atoms with E-state index in [-0.39, 0.29) is 30.8 Å². The van der Waals surface area contributed by atoms with Crippen LogP contribution in [0.1, 0.15) is 97.8 Å². The Morgan fingerprint density at radius 3 is 2.00 bits per heavy atom. The minimum atomic E-state index is -2.48. The molecule has 4 aliphatic rings. The summed E-state index contributed by atoms with van der Waals surface area (Å²) in [5, 5.41) is 0. The van der Waals surface area contributed by atoms with Gasteiger partial charge in [0.2, 0.25) is 18.2 Å². The van der Waals surface area contributed by atoms with Gasteiger partial charge in [-0.25, -0.2) is 8.78 Å². The quantitative estimate of drug-likeness (QED) is 0.362. The number of nitrogens with zero attached hydrogens (tertiary/aromatic N) is 3. The van der Waals surface area contributed by atoms with Crippen LogP contribution in [-0.4, -0.2) is 77.2 Å². The molecule has 0 aromatic heterocycles. The summed E-state index contributed by atoms with van der Waals surface area (Å²) in [6.07, 6.45) is 11.2. The first-order chi connectivity index (χ1) is 18.3. The van der Waals surface area contributed by atoms with Crippen molar-refractivity contribution in [1.82, 2.24) is 14.7 Å². The molecule has 2 aliphatic carbocycles. The highest BCUT2D eigenvalue weighted by Gasteiger charge is 2.50. The molecule has 2 atom stereocenters. The van der Waals surface area contributed by atoms with Crippen molar-refractivity contribution in [3.8, 4) is 0 Å². The van der Waals surface area contributed by atoms with Gasteiger partial charge in [0.15, 0.2) is 0 Å². The van der Waals surface area contributed by atoms with E-state index in [0.29, 0.717) is 18.4 Å². The molecule has 2 heterocycles. The number of halogens is 2. The monoisotopic (exact) mass is 535 g/mol. The average molecular weight is 536 g/mol. The smallest absolute Gasteiger partial charge is 0.249 e. The molecule has 1 aromatic rings. The Morgan fingerprint density at radius 2 is 1.55 bits per heavy atom. The fourth-order valence-electron chi connectivity index (χ4n) is 5.70. The van der Waals surface area contributed by atoms with E-state index in [1.807, 2.05) is 67.1 Å². The summed E-state index contributed by atoms with van der Waals surface area (Å²) in [4.78, 5) is 28.4. The van der Waals surface area contributed by atoms with E-state index in [2.05, 4.69) is 11.8 Å². The standard InChI is InChI=1S/C16H28F2N2O.C7H11NO.C6H6.C2H6/c1-13(19(2)14-8-9-16(17,18)12-14)6-5-7-15(21)20-10-3-4-11-20;9-6-8-5-1-2-7(8)3-4-7;1-2-4-6-5-3-1;1-2/h13-14H,3-12H2,1-2H3;6H,1-5H2;1-6H;1-2H3. The third-order valence-corrected chi connectivity index (χ3v) is 8.39. The van der Waals surface area contributed by atoms with Crippen molar-refractivity contribution >= 4 is 12.3 Å². The zero-order valence-electron chi connectivity index (χ0n) is 24.2. The minimum Gasteiger partial charge on any atom is -0.343 e. The molecule has 1 spiro atoms. The van der Waals surface area contributed by atoms with Gasteiger partial charge in [-0.05, 0) is 71.8 Å². The summed E-state index contributed by atoms with van der Waals surface area (Å²) in [7, 11) is 1.94. The van der Waals surface area contributed by atoms with Crippen molar-refractivity contribution in [3.05, 3.63) is 36.4 Å². The van der Waals surface area contributed by atoms with Crippen LogP contribution in [0.2, 0.25) is 0 Å². The molecule has 216 valence electrons. The molecule has 5 rings (SSSR count). The molecule has 2 saturated heterocycles. The zero-order chi connectivity index (χ0) is 28.0. The Kier molecular flexibility index (Phi) is 13.7.